The van der Waals surface area contributed by atoms with Crippen molar-refractivity contribution in [2.45, 2.75) is 24.3 Å². The summed E-state index contributed by atoms with van der Waals surface area (Å²) in [4.78, 5) is 5.22. The van der Waals surface area contributed by atoms with E-state index in [1.165, 1.54) is 0 Å². The maximum atomic E-state index is 11.6. The highest BCUT2D eigenvalue weighted by molar-refractivity contribution is 7.84. The number of benzene rings is 2. The lowest BCUT2D eigenvalue weighted by atomic mass is 9.94. The Morgan fingerprint density at radius 2 is 1.75 bits per heavy atom. The molecular formula is C23H21NO3S. The van der Waals surface area contributed by atoms with Crippen molar-refractivity contribution in [3.8, 4) is 22.5 Å². The summed E-state index contributed by atoms with van der Waals surface area (Å²) >= 11 is 0. The summed E-state index contributed by atoms with van der Waals surface area (Å²) in [6, 6.07) is 19.2. The van der Waals surface area contributed by atoms with Crippen LogP contribution < -0.4 is 0 Å². The van der Waals surface area contributed by atoms with Crippen LogP contribution in [0.25, 0.3) is 33.6 Å². The van der Waals surface area contributed by atoms with Crippen molar-refractivity contribution in [3.63, 3.8) is 0 Å². The van der Waals surface area contributed by atoms with Crippen molar-refractivity contribution in [2.24, 2.45) is 0 Å². The van der Waals surface area contributed by atoms with Crippen LogP contribution in [0.15, 0.2) is 76.2 Å². The third-order valence-electron chi connectivity index (χ3n) is 4.76. The molecule has 2 aromatic heterocycles. The van der Waals surface area contributed by atoms with E-state index in [1.54, 1.807) is 26.3 Å². The zero-order valence-corrected chi connectivity index (χ0v) is 16.8. The number of hydrogen-bond acceptors (Lipinski definition) is 4. The van der Waals surface area contributed by atoms with Gasteiger partial charge in [-0.05, 0) is 49.2 Å². The van der Waals surface area contributed by atoms with Gasteiger partial charge in [-0.25, -0.2) is 0 Å². The number of aromatic nitrogens is 1. The summed E-state index contributed by atoms with van der Waals surface area (Å²) in [5, 5.41) is 10.3. The number of furan rings is 1. The molecule has 0 saturated carbocycles. The fraction of sp³-hybridized carbons (Fsp3) is 0.174. The van der Waals surface area contributed by atoms with Crippen LogP contribution >= 0.6 is 0 Å². The van der Waals surface area contributed by atoms with Gasteiger partial charge in [0.15, 0.2) is 5.58 Å². The Morgan fingerprint density at radius 3 is 2.43 bits per heavy atom. The zero-order valence-electron chi connectivity index (χ0n) is 16.0. The number of fused-ring (bicyclic) bond motifs is 1. The van der Waals surface area contributed by atoms with Crippen molar-refractivity contribution < 1.29 is 13.7 Å². The standard InChI is InChI=1S/C23H21NO3S/c1-23(2,25)17-6-4-5-16(13-17)19-11-12-24-20-14-21(27-22(19)20)15-7-9-18(10-8-15)28(3)26/h4-14,25H,1-3H3. The minimum Gasteiger partial charge on any atom is -0.454 e. The molecule has 2 heterocycles. The molecule has 28 heavy (non-hydrogen) atoms. The monoisotopic (exact) mass is 391 g/mol. The molecule has 0 bridgehead atoms. The quantitative estimate of drug-likeness (QED) is 0.524. The van der Waals surface area contributed by atoms with Crippen LogP contribution in [0.4, 0.5) is 0 Å². The summed E-state index contributed by atoms with van der Waals surface area (Å²) in [6.45, 7) is 3.54. The Hall–Kier alpha value is -2.76. The van der Waals surface area contributed by atoms with Gasteiger partial charge in [0.1, 0.15) is 11.3 Å². The molecule has 1 N–H and O–H groups in total. The summed E-state index contributed by atoms with van der Waals surface area (Å²) in [7, 11) is -1.01. The molecule has 142 valence electrons. The van der Waals surface area contributed by atoms with Gasteiger partial charge >= 0.3 is 0 Å². The lowest BCUT2D eigenvalue weighted by molar-refractivity contribution is 0.0786. The zero-order chi connectivity index (χ0) is 19.9. The Labute approximate surface area is 166 Å². The average molecular weight is 391 g/mol. The Kier molecular flexibility index (Phi) is 4.65. The van der Waals surface area contributed by atoms with Gasteiger partial charge in [0, 0.05) is 45.3 Å². The molecule has 0 aliphatic carbocycles. The molecule has 0 radical (unpaired) electrons. The second-order valence-electron chi connectivity index (χ2n) is 7.30. The first kappa shape index (κ1) is 18.6. The summed E-state index contributed by atoms with van der Waals surface area (Å²) in [5.74, 6) is 0.710. The van der Waals surface area contributed by atoms with Crippen LogP contribution in [-0.4, -0.2) is 20.6 Å². The van der Waals surface area contributed by atoms with Crippen LogP contribution in [0.5, 0.6) is 0 Å². The first-order valence-corrected chi connectivity index (χ1v) is 10.5. The first-order chi connectivity index (χ1) is 13.3. The topological polar surface area (TPSA) is 63.3 Å². The number of hydrogen-bond donors (Lipinski definition) is 1. The van der Waals surface area contributed by atoms with Gasteiger partial charge in [-0.15, -0.1) is 0 Å². The van der Waals surface area contributed by atoms with Crippen LogP contribution in [0.3, 0.4) is 0 Å². The highest BCUT2D eigenvalue weighted by Crippen LogP contribution is 2.35. The second-order valence-corrected chi connectivity index (χ2v) is 8.68. The van der Waals surface area contributed by atoms with Crippen molar-refractivity contribution in [2.75, 3.05) is 6.26 Å². The Bertz CT molecular complexity index is 1170. The third-order valence-corrected chi connectivity index (χ3v) is 5.70. The molecule has 0 aliphatic heterocycles. The molecule has 0 spiro atoms. The SMILES string of the molecule is CS(=O)c1ccc(-c2cc3nccc(-c4cccc(C(C)(C)O)c4)c3o2)cc1. The molecule has 0 saturated heterocycles. The molecule has 4 aromatic rings. The van der Waals surface area contributed by atoms with E-state index in [9.17, 15) is 9.32 Å². The molecule has 4 nitrogen and oxygen atoms in total. The molecule has 1 unspecified atom stereocenters. The molecule has 5 heteroatoms. The highest BCUT2D eigenvalue weighted by Gasteiger charge is 2.18. The van der Waals surface area contributed by atoms with E-state index in [-0.39, 0.29) is 0 Å². The Morgan fingerprint density at radius 1 is 1.00 bits per heavy atom. The van der Waals surface area contributed by atoms with Gasteiger partial charge < -0.3 is 9.52 Å². The largest absolute Gasteiger partial charge is 0.454 e. The molecule has 2 aromatic carbocycles. The van der Waals surface area contributed by atoms with Gasteiger partial charge in [-0.2, -0.15) is 0 Å². The molecule has 0 amide bonds. The third kappa shape index (κ3) is 3.51. The molecular weight excluding hydrogens is 370 g/mol. The van der Waals surface area contributed by atoms with Gasteiger partial charge in [-0.3, -0.25) is 9.19 Å². The van der Waals surface area contributed by atoms with Gasteiger partial charge in [0.2, 0.25) is 0 Å². The molecule has 0 aliphatic rings. The van der Waals surface area contributed by atoms with Crippen LogP contribution in [0, 0.1) is 0 Å². The average Bonchev–Trinajstić information content (AvgIpc) is 3.12. The number of aliphatic hydroxyl groups is 1. The number of pyridine rings is 1. The van der Waals surface area contributed by atoms with Crippen molar-refractivity contribution >= 4 is 21.9 Å². The normalized spacial score (nSPS) is 13.0. The predicted molar refractivity (Wildman–Crippen MR) is 112 cm³/mol. The maximum absolute atomic E-state index is 11.6. The van der Waals surface area contributed by atoms with Crippen LogP contribution in [0.1, 0.15) is 19.4 Å². The van der Waals surface area contributed by atoms with Crippen molar-refractivity contribution in [1.82, 2.24) is 4.98 Å². The number of nitrogens with zero attached hydrogens (tertiary/aromatic N) is 1. The van der Waals surface area contributed by atoms with E-state index in [2.05, 4.69) is 4.98 Å². The molecule has 0 fully saturated rings. The van der Waals surface area contributed by atoms with Gasteiger partial charge in [0.05, 0.1) is 5.60 Å². The summed E-state index contributed by atoms with van der Waals surface area (Å²) < 4.78 is 17.8. The van der Waals surface area contributed by atoms with E-state index in [4.69, 9.17) is 4.42 Å². The highest BCUT2D eigenvalue weighted by atomic mass is 32.2. The van der Waals surface area contributed by atoms with E-state index in [1.807, 2.05) is 60.7 Å². The lowest BCUT2D eigenvalue weighted by Gasteiger charge is -2.18. The fourth-order valence-electron chi connectivity index (χ4n) is 3.19. The first-order valence-electron chi connectivity index (χ1n) is 8.98. The molecule has 1 atom stereocenters. The van der Waals surface area contributed by atoms with E-state index in [0.29, 0.717) is 11.3 Å². The number of rotatable bonds is 4. The molecule has 4 rings (SSSR count). The van der Waals surface area contributed by atoms with Gasteiger partial charge in [0.25, 0.3) is 0 Å². The van der Waals surface area contributed by atoms with Gasteiger partial charge in [-0.1, -0.05) is 30.3 Å². The minimum absolute atomic E-state index is 0.702. The fourth-order valence-corrected chi connectivity index (χ4v) is 3.71. The van der Waals surface area contributed by atoms with Crippen LogP contribution in [0.2, 0.25) is 0 Å². The van der Waals surface area contributed by atoms with Crippen molar-refractivity contribution in [3.05, 3.63) is 72.4 Å². The lowest BCUT2D eigenvalue weighted by Crippen LogP contribution is -2.15. The smallest absolute Gasteiger partial charge is 0.161 e. The van der Waals surface area contributed by atoms with E-state index < -0.39 is 16.4 Å². The Balaban J connectivity index is 1.81. The summed E-state index contributed by atoms with van der Waals surface area (Å²) in [5.41, 5.74) is 4.18. The predicted octanol–water partition coefficient (Wildman–Crippen LogP) is 5.13. The minimum atomic E-state index is -1.01. The van der Waals surface area contributed by atoms with Crippen molar-refractivity contribution in [1.29, 1.82) is 0 Å². The van der Waals surface area contributed by atoms with Crippen LogP contribution in [-0.2, 0) is 16.4 Å². The van der Waals surface area contributed by atoms with E-state index in [0.717, 1.165) is 32.7 Å². The van der Waals surface area contributed by atoms with E-state index >= 15 is 0 Å². The summed E-state index contributed by atoms with van der Waals surface area (Å²) in [6.07, 6.45) is 3.42. The maximum Gasteiger partial charge on any atom is 0.161 e. The second kappa shape index (κ2) is 7.00.